The number of amides is 3. The number of hydrogen-bond donors (Lipinski definition) is 1. The van der Waals surface area contributed by atoms with Gasteiger partial charge in [0.2, 0.25) is 5.91 Å². The van der Waals surface area contributed by atoms with Crippen molar-refractivity contribution < 1.29 is 9.59 Å². The zero-order valence-corrected chi connectivity index (χ0v) is 10.4. The summed E-state index contributed by atoms with van der Waals surface area (Å²) in [5.41, 5.74) is 1.13. The fourth-order valence-electron chi connectivity index (χ4n) is 1.96. The zero-order valence-electron chi connectivity index (χ0n) is 10.4. The van der Waals surface area contributed by atoms with Crippen LogP contribution in [-0.4, -0.2) is 43.5 Å². The van der Waals surface area contributed by atoms with Crippen LogP contribution in [0.3, 0.4) is 0 Å². The molecule has 3 amide bonds. The molecular weight excluding hydrogens is 230 g/mol. The Morgan fingerprint density at radius 3 is 2.61 bits per heavy atom. The highest BCUT2D eigenvalue weighted by Gasteiger charge is 2.27. The molecule has 0 unspecified atom stereocenters. The molecule has 0 bridgehead atoms. The Hall–Kier alpha value is -2.04. The second kappa shape index (κ2) is 5.53. The smallest absolute Gasteiger partial charge is 0.324 e. The van der Waals surface area contributed by atoms with Crippen LogP contribution in [0.4, 0.5) is 10.5 Å². The third-order valence-corrected chi connectivity index (χ3v) is 3.01. The molecule has 1 N–H and O–H groups in total. The van der Waals surface area contributed by atoms with Gasteiger partial charge in [-0.3, -0.25) is 9.69 Å². The van der Waals surface area contributed by atoms with Crippen molar-refractivity contribution in [3.63, 3.8) is 0 Å². The van der Waals surface area contributed by atoms with Gasteiger partial charge in [-0.1, -0.05) is 18.2 Å². The summed E-state index contributed by atoms with van der Waals surface area (Å²) in [5.74, 6) is -0.137. The molecule has 0 radical (unpaired) electrons. The Bertz CT molecular complexity index is 417. The topological polar surface area (TPSA) is 52.6 Å². The van der Waals surface area contributed by atoms with E-state index in [0.29, 0.717) is 6.54 Å². The van der Waals surface area contributed by atoms with Crippen molar-refractivity contribution in [1.29, 1.82) is 0 Å². The molecule has 1 fully saturated rings. The molecule has 1 aliphatic rings. The van der Waals surface area contributed by atoms with Gasteiger partial charge in [0.15, 0.2) is 0 Å². The van der Waals surface area contributed by atoms with Gasteiger partial charge in [-0.25, -0.2) is 4.79 Å². The molecule has 96 valence electrons. The summed E-state index contributed by atoms with van der Waals surface area (Å²) < 4.78 is 0. The van der Waals surface area contributed by atoms with Crippen LogP contribution >= 0.6 is 0 Å². The lowest BCUT2D eigenvalue weighted by Gasteiger charge is -2.20. The minimum atomic E-state index is -0.276. The quantitative estimate of drug-likeness (QED) is 0.792. The van der Waals surface area contributed by atoms with Gasteiger partial charge >= 0.3 is 6.03 Å². The molecule has 0 aromatic heterocycles. The second-order valence-electron chi connectivity index (χ2n) is 4.31. The largest absolute Gasteiger partial charge is 0.375 e. The molecule has 0 spiro atoms. The van der Waals surface area contributed by atoms with Crippen molar-refractivity contribution in [1.82, 2.24) is 10.2 Å². The number of benzene rings is 1. The van der Waals surface area contributed by atoms with Crippen molar-refractivity contribution >= 4 is 17.6 Å². The lowest BCUT2D eigenvalue weighted by Crippen LogP contribution is -2.33. The monoisotopic (exact) mass is 247 g/mol. The van der Waals surface area contributed by atoms with Crippen LogP contribution in [0.1, 0.15) is 6.42 Å². The van der Waals surface area contributed by atoms with Crippen molar-refractivity contribution in [3.05, 3.63) is 30.3 Å². The number of anilines is 1. The molecule has 1 heterocycles. The summed E-state index contributed by atoms with van der Waals surface area (Å²) in [4.78, 5) is 26.1. The SMILES string of the molecule is CN(CCCN1C(=O)CNC1=O)c1ccccc1. The maximum Gasteiger partial charge on any atom is 0.324 e. The van der Waals surface area contributed by atoms with Gasteiger partial charge in [0.25, 0.3) is 0 Å². The highest BCUT2D eigenvalue weighted by molar-refractivity contribution is 6.01. The van der Waals surface area contributed by atoms with Crippen molar-refractivity contribution in [2.24, 2.45) is 0 Å². The average Bonchev–Trinajstić information content (AvgIpc) is 2.71. The van der Waals surface area contributed by atoms with Crippen LogP contribution in [0.2, 0.25) is 0 Å². The molecular formula is C13H17N3O2. The molecule has 5 heteroatoms. The first kappa shape index (κ1) is 12.4. The van der Waals surface area contributed by atoms with Crippen molar-refractivity contribution in [3.8, 4) is 0 Å². The van der Waals surface area contributed by atoms with E-state index < -0.39 is 0 Å². The molecule has 1 saturated heterocycles. The first-order valence-corrected chi connectivity index (χ1v) is 6.03. The molecule has 1 aliphatic heterocycles. The Balaban J connectivity index is 1.79. The first-order valence-electron chi connectivity index (χ1n) is 6.03. The van der Waals surface area contributed by atoms with Gasteiger partial charge in [0, 0.05) is 25.8 Å². The predicted molar refractivity (Wildman–Crippen MR) is 69.4 cm³/mol. The Kier molecular flexibility index (Phi) is 3.82. The summed E-state index contributed by atoms with van der Waals surface area (Å²) in [5, 5.41) is 2.51. The van der Waals surface area contributed by atoms with Crippen LogP contribution in [0, 0.1) is 0 Å². The number of para-hydroxylation sites is 1. The Labute approximate surface area is 106 Å². The molecule has 18 heavy (non-hydrogen) atoms. The fourth-order valence-corrected chi connectivity index (χ4v) is 1.96. The van der Waals surface area contributed by atoms with E-state index in [4.69, 9.17) is 0 Å². The standard InChI is InChI=1S/C13H17N3O2/c1-15(11-6-3-2-4-7-11)8-5-9-16-12(17)10-14-13(16)18/h2-4,6-7H,5,8-10H2,1H3,(H,14,18). The number of urea groups is 1. The molecule has 0 saturated carbocycles. The summed E-state index contributed by atoms with van der Waals surface area (Å²) in [6.07, 6.45) is 0.768. The number of hydrogen-bond acceptors (Lipinski definition) is 3. The van der Waals surface area contributed by atoms with Crippen molar-refractivity contribution in [2.45, 2.75) is 6.42 Å². The molecule has 1 aromatic carbocycles. The van der Waals surface area contributed by atoms with E-state index in [-0.39, 0.29) is 18.5 Å². The van der Waals surface area contributed by atoms with Crippen LogP contribution < -0.4 is 10.2 Å². The number of nitrogens with one attached hydrogen (secondary N) is 1. The number of imide groups is 1. The number of nitrogens with zero attached hydrogens (tertiary/aromatic N) is 2. The van der Waals surface area contributed by atoms with E-state index in [0.717, 1.165) is 18.7 Å². The van der Waals surface area contributed by atoms with E-state index in [1.54, 1.807) is 0 Å². The minimum absolute atomic E-state index is 0.132. The Morgan fingerprint density at radius 2 is 2.00 bits per heavy atom. The second-order valence-corrected chi connectivity index (χ2v) is 4.31. The molecule has 2 rings (SSSR count). The van der Waals surface area contributed by atoms with E-state index in [2.05, 4.69) is 10.2 Å². The third-order valence-electron chi connectivity index (χ3n) is 3.01. The van der Waals surface area contributed by atoms with Gasteiger partial charge in [0.1, 0.15) is 0 Å². The summed E-state index contributed by atoms with van der Waals surface area (Å²) >= 11 is 0. The predicted octanol–water partition coefficient (Wildman–Crippen LogP) is 1.06. The highest BCUT2D eigenvalue weighted by Crippen LogP contribution is 2.11. The molecule has 0 atom stereocenters. The minimum Gasteiger partial charge on any atom is -0.375 e. The first-order chi connectivity index (χ1) is 8.68. The van der Waals surface area contributed by atoms with E-state index in [9.17, 15) is 9.59 Å². The van der Waals surface area contributed by atoms with Gasteiger partial charge in [-0.05, 0) is 18.6 Å². The van der Waals surface area contributed by atoms with Gasteiger partial charge in [-0.2, -0.15) is 0 Å². The van der Waals surface area contributed by atoms with Crippen LogP contribution in [0.25, 0.3) is 0 Å². The maximum atomic E-state index is 11.4. The van der Waals surface area contributed by atoms with Gasteiger partial charge in [0.05, 0.1) is 6.54 Å². The van der Waals surface area contributed by atoms with E-state index in [1.165, 1.54) is 4.90 Å². The summed E-state index contributed by atoms with van der Waals surface area (Å²) in [7, 11) is 2.00. The number of carbonyl (C=O) groups is 2. The highest BCUT2D eigenvalue weighted by atomic mass is 16.2. The van der Waals surface area contributed by atoms with Crippen LogP contribution in [0.15, 0.2) is 30.3 Å². The van der Waals surface area contributed by atoms with E-state index >= 15 is 0 Å². The Morgan fingerprint density at radius 1 is 1.28 bits per heavy atom. The average molecular weight is 247 g/mol. The van der Waals surface area contributed by atoms with Crippen LogP contribution in [-0.2, 0) is 4.79 Å². The van der Waals surface area contributed by atoms with Gasteiger partial charge in [-0.15, -0.1) is 0 Å². The zero-order chi connectivity index (χ0) is 13.0. The van der Waals surface area contributed by atoms with Gasteiger partial charge < -0.3 is 10.2 Å². The normalized spacial score (nSPS) is 14.8. The fraction of sp³-hybridized carbons (Fsp3) is 0.385. The molecule has 5 nitrogen and oxygen atoms in total. The van der Waals surface area contributed by atoms with Crippen molar-refractivity contribution in [2.75, 3.05) is 31.6 Å². The summed E-state index contributed by atoms with van der Waals surface area (Å²) in [6, 6.07) is 9.75. The number of rotatable bonds is 5. The molecule has 0 aliphatic carbocycles. The summed E-state index contributed by atoms with van der Waals surface area (Å²) in [6.45, 7) is 1.41. The lowest BCUT2D eigenvalue weighted by atomic mass is 10.3. The van der Waals surface area contributed by atoms with E-state index in [1.807, 2.05) is 37.4 Å². The number of carbonyl (C=O) groups excluding carboxylic acids is 2. The van der Waals surface area contributed by atoms with Crippen LogP contribution in [0.5, 0.6) is 0 Å². The third kappa shape index (κ3) is 2.80. The maximum absolute atomic E-state index is 11.4. The molecule has 1 aromatic rings. The lowest BCUT2D eigenvalue weighted by molar-refractivity contribution is -0.125.